The second kappa shape index (κ2) is 8.96. The van der Waals surface area contributed by atoms with Gasteiger partial charge in [-0.1, -0.05) is 0 Å². The summed E-state index contributed by atoms with van der Waals surface area (Å²) < 4.78 is 44.8. The normalized spacial score (nSPS) is 14.2. The Hall–Kier alpha value is -4.22. The molecule has 12 heteroatoms. The van der Waals surface area contributed by atoms with Crippen LogP contribution in [0.25, 0.3) is 0 Å². The van der Waals surface area contributed by atoms with Crippen LogP contribution in [-0.4, -0.2) is 37.6 Å². The van der Waals surface area contributed by atoms with E-state index in [1.165, 1.54) is 30.6 Å². The van der Waals surface area contributed by atoms with Crippen LogP contribution in [0.5, 0.6) is 17.2 Å². The summed E-state index contributed by atoms with van der Waals surface area (Å²) in [4.78, 5) is 29.0. The van der Waals surface area contributed by atoms with Crippen molar-refractivity contribution in [2.45, 2.75) is 31.1 Å². The molecule has 9 nitrogen and oxygen atoms in total. The number of benzene rings is 1. The number of rotatable bonds is 7. The zero-order valence-corrected chi connectivity index (χ0v) is 17.5. The highest BCUT2D eigenvalue weighted by molar-refractivity contribution is 5.99. The molecule has 3 N–H and O–H groups in total. The average Bonchev–Trinajstić information content (AvgIpc) is 3.60. The number of halogens is 3. The molecule has 0 saturated heterocycles. The van der Waals surface area contributed by atoms with Gasteiger partial charge < -0.3 is 20.5 Å². The quantitative estimate of drug-likeness (QED) is 0.482. The first kappa shape index (κ1) is 23.0. The van der Waals surface area contributed by atoms with Crippen LogP contribution >= 0.6 is 0 Å². The number of ether oxygens (including phenoxy) is 1. The van der Waals surface area contributed by atoms with Crippen LogP contribution in [0, 0.1) is 0 Å². The van der Waals surface area contributed by atoms with Crippen LogP contribution in [0.1, 0.15) is 34.6 Å². The molecule has 4 rings (SSSR count). The van der Waals surface area contributed by atoms with Crippen molar-refractivity contribution in [1.29, 1.82) is 0 Å². The van der Waals surface area contributed by atoms with E-state index in [1.807, 2.05) is 0 Å². The van der Waals surface area contributed by atoms with Gasteiger partial charge in [0.2, 0.25) is 5.91 Å². The van der Waals surface area contributed by atoms with E-state index < -0.39 is 34.7 Å². The molecule has 34 heavy (non-hydrogen) atoms. The van der Waals surface area contributed by atoms with E-state index in [-0.39, 0.29) is 23.9 Å². The van der Waals surface area contributed by atoms with Crippen LogP contribution in [0.2, 0.25) is 0 Å². The fraction of sp³-hybridized carbons (Fsp3) is 0.227. The van der Waals surface area contributed by atoms with E-state index in [1.54, 1.807) is 6.07 Å². The van der Waals surface area contributed by atoms with Crippen molar-refractivity contribution in [1.82, 2.24) is 25.8 Å². The van der Waals surface area contributed by atoms with Gasteiger partial charge in [0.05, 0.1) is 18.4 Å². The summed E-state index contributed by atoms with van der Waals surface area (Å²) in [6.45, 7) is 0.0366. The third-order valence-electron chi connectivity index (χ3n) is 5.07. The van der Waals surface area contributed by atoms with Gasteiger partial charge in [-0.2, -0.15) is 18.3 Å². The highest BCUT2D eigenvalue weighted by Gasteiger charge is 2.51. The Morgan fingerprint density at radius 1 is 1.15 bits per heavy atom. The largest absolute Gasteiger partial charge is 0.508 e. The Kier molecular flexibility index (Phi) is 6.05. The molecule has 0 radical (unpaired) electrons. The first-order valence-corrected chi connectivity index (χ1v) is 10.1. The summed E-state index contributed by atoms with van der Waals surface area (Å²) >= 11 is 0. The second-order valence-electron chi connectivity index (χ2n) is 7.59. The fourth-order valence-corrected chi connectivity index (χ4v) is 3.11. The van der Waals surface area contributed by atoms with Gasteiger partial charge in [0.25, 0.3) is 5.91 Å². The SMILES string of the molecule is O=C(NC1(C(=O)NCc2ccc(Oc3ccc(O)cc3C(F)(F)F)cn2)CC1)c1cccnn1. The molecular weight excluding hydrogens is 455 g/mol. The van der Waals surface area contributed by atoms with Crippen molar-refractivity contribution in [2.75, 3.05) is 0 Å². The Morgan fingerprint density at radius 3 is 2.56 bits per heavy atom. The predicted molar refractivity (Wildman–Crippen MR) is 111 cm³/mol. The van der Waals surface area contributed by atoms with E-state index in [2.05, 4.69) is 25.8 Å². The van der Waals surface area contributed by atoms with Crippen molar-refractivity contribution in [3.05, 3.63) is 71.8 Å². The lowest BCUT2D eigenvalue weighted by molar-refractivity contribution is -0.138. The van der Waals surface area contributed by atoms with E-state index in [0.29, 0.717) is 24.6 Å². The number of phenols is 1. The van der Waals surface area contributed by atoms with Crippen LogP contribution in [0.3, 0.4) is 0 Å². The zero-order chi connectivity index (χ0) is 24.3. The van der Waals surface area contributed by atoms with Crippen molar-refractivity contribution in [2.24, 2.45) is 0 Å². The molecule has 0 bridgehead atoms. The zero-order valence-electron chi connectivity index (χ0n) is 17.5. The van der Waals surface area contributed by atoms with Crippen LogP contribution < -0.4 is 15.4 Å². The van der Waals surface area contributed by atoms with Gasteiger partial charge in [-0.3, -0.25) is 14.6 Å². The molecule has 2 aromatic heterocycles. The van der Waals surface area contributed by atoms with Crippen LogP contribution in [0.15, 0.2) is 54.9 Å². The van der Waals surface area contributed by atoms with Crippen LogP contribution in [-0.2, 0) is 17.5 Å². The molecule has 0 atom stereocenters. The number of hydrogen-bond donors (Lipinski definition) is 3. The monoisotopic (exact) mass is 473 g/mol. The molecule has 1 aromatic carbocycles. The number of nitrogens with zero attached hydrogens (tertiary/aromatic N) is 3. The highest BCUT2D eigenvalue weighted by Crippen LogP contribution is 2.40. The number of alkyl halides is 3. The first-order valence-electron chi connectivity index (χ1n) is 10.1. The second-order valence-corrected chi connectivity index (χ2v) is 7.59. The maximum atomic E-state index is 13.2. The van der Waals surface area contributed by atoms with Gasteiger partial charge >= 0.3 is 6.18 Å². The summed E-state index contributed by atoms with van der Waals surface area (Å²) in [6.07, 6.45) is -1.12. The summed E-state index contributed by atoms with van der Waals surface area (Å²) in [5, 5.41) is 22.1. The standard InChI is InChI=1S/C22H18F3N5O4/c23-22(24,25)16-10-14(31)4-6-18(16)34-15-5-3-13(26-12-15)11-27-20(33)21(7-8-21)29-19(32)17-2-1-9-28-30-17/h1-6,9-10,12,31H,7-8,11H2,(H,27,33)(H,29,32). The molecule has 1 fully saturated rings. The van der Waals surface area contributed by atoms with Gasteiger partial charge in [-0.15, -0.1) is 5.10 Å². The van der Waals surface area contributed by atoms with Gasteiger partial charge in [0.15, 0.2) is 5.69 Å². The highest BCUT2D eigenvalue weighted by atomic mass is 19.4. The number of nitrogens with one attached hydrogen (secondary N) is 2. The maximum Gasteiger partial charge on any atom is 0.420 e. The smallest absolute Gasteiger partial charge is 0.420 e. The molecule has 0 unspecified atom stereocenters. The van der Waals surface area contributed by atoms with E-state index in [0.717, 1.165) is 12.1 Å². The topological polar surface area (TPSA) is 126 Å². The molecule has 1 saturated carbocycles. The number of amides is 2. The van der Waals surface area contributed by atoms with Gasteiger partial charge in [0, 0.05) is 6.20 Å². The van der Waals surface area contributed by atoms with Gasteiger partial charge in [-0.05, 0) is 55.3 Å². The number of hydrogen-bond acceptors (Lipinski definition) is 7. The van der Waals surface area contributed by atoms with Crippen molar-refractivity contribution in [3.8, 4) is 17.2 Å². The maximum absolute atomic E-state index is 13.2. The Balaban J connectivity index is 1.35. The third-order valence-corrected chi connectivity index (χ3v) is 5.07. The fourth-order valence-electron chi connectivity index (χ4n) is 3.11. The molecule has 0 spiro atoms. The van der Waals surface area contributed by atoms with Gasteiger partial charge in [-0.25, -0.2) is 0 Å². The van der Waals surface area contributed by atoms with E-state index >= 15 is 0 Å². The van der Waals surface area contributed by atoms with E-state index in [9.17, 15) is 27.9 Å². The number of aromatic hydroxyl groups is 1. The average molecular weight is 473 g/mol. The predicted octanol–water partition coefficient (Wildman–Crippen LogP) is 2.97. The van der Waals surface area contributed by atoms with Crippen molar-refractivity contribution in [3.63, 3.8) is 0 Å². The molecule has 0 aliphatic heterocycles. The number of pyridine rings is 1. The minimum absolute atomic E-state index is 0.0366. The van der Waals surface area contributed by atoms with Crippen molar-refractivity contribution < 1.29 is 32.6 Å². The Bertz CT molecular complexity index is 1200. The summed E-state index contributed by atoms with van der Waals surface area (Å²) in [5.74, 6) is -1.87. The minimum atomic E-state index is -4.72. The Morgan fingerprint density at radius 2 is 1.94 bits per heavy atom. The van der Waals surface area contributed by atoms with Crippen LogP contribution in [0.4, 0.5) is 13.2 Å². The number of aromatic nitrogens is 3. The lowest BCUT2D eigenvalue weighted by Gasteiger charge is -2.17. The molecule has 1 aliphatic carbocycles. The first-order chi connectivity index (χ1) is 16.2. The summed E-state index contributed by atoms with van der Waals surface area (Å²) in [5.41, 5.74) is -1.62. The van der Waals surface area contributed by atoms with E-state index in [4.69, 9.17) is 4.74 Å². The molecule has 1 aliphatic rings. The molecule has 176 valence electrons. The van der Waals surface area contributed by atoms with Gasteiger partial charge in [0.1, 0.15) is 28.4 Å². The molecular formula is C22H18F3N5O4. The lowest BCUT2D eigenvalue weighted by Crippen LogP contribution is -2.49. The Labute approximate surface area is 191 Å². The summed E-state index contributed by atoms with van der Waals surface area (Å²) in [7, 11) is 0. The number of phenolic OH excluding ortho intramolecular Hbond substituents is 1. The van der Waals surface area contributed by atoms with Crippen molar-refractivity contribution >= 4 is 11.8 Å². The minimum Gasteiger partial charge on any atom is -0.508 e. The lowest BCUT2D eigenvalue weighted by atomic mass is 10.2. The summed E-state index contributed by atoms with van der Waals surface area (Å²) in [6, 6.07) is 8.61. The third kappa shape index (κ3) is 5.22. The molecule has 2 amide bonds. The number of carbonyl (C=O) groups excluding carboxylic acids is 2. The molecule has 2 heterocycles. The number of carbonyl (C=O) groups is 2. The molecule has 3 aromatic rings.